The molecule has 4 rings (SSSR count). The number of β-amino-alcohol motifs (C(OH)–C–C–N with tert-alkyl or cyclic N) is 1. The fourth-order valence-electron chi connectivity index (χ4n) is 3.48. The third kappa shape index (κ3) is 1.97. The largest absolute Gasteiger partial charge is 0.394 e. The molecule has 0 fully saturated rings. The molecule has 2 aromatic carbocycles. The summed E-state index contributed by atoms with van der Waals surface area (Å²) in [5.41, 5.74) is 0.866. The highest BCUT2D eigenvalue weighted by Crippen LogP contribution is 2.37. The first kappa shape index (κ1) is 16.4. The normalized spacial score (nSPS) is 17.3. The van der Waals surface area contributed by atoms with Gasteiger partial charge in [0.2, 0.25) is 0 Å². The maximum absolute atomic E-state index is 12.8. The number of carbonyl (C=O) groups is 4. The highest BCUT2D eigenvalue weighted by atomic mass is 16.3. The van der Waals surface area contributed by atoms with Crippen molar-refractivity contribution in [3.63, 3.8) is 0 Å². The highest BCUT2D eigenvalue weighted by Gasteiger charge is 2.38. The van der Waals surface area contributed by atoms with Crippen LogP contribution in [0.25, 0.3) is 10.8 Å². The Bertz CT molecular complexity index is 957. The molecule has 0 radical (unpaired) electrons. The van der Waals surface area contributed by atoms with E-state index in [2.05, 4.69) is 0 Å². The first-order chi connectivity index (χ1) is 12.4. The van der Waals surface area contributed by atoms with Crippen LogP contribution in [0.1, 0.15) is 41.4 Å². The molecule has 1 unspecified atom stereocenters. The summed E-state index contributed by atoms with van der Waals surface area (Å²) in [6.45, 7) is -0.939. The van der Waals surface area contributed by atoms with E-state index >= 15 is 0 Å². The van der Waals surface area contributed by atoms with E-state index in [-0.39, 0.29) is 34.2 Å². The highest BCUT2D eigenvalue weighted by molar-refractivity contribution is 6.33. The van der Waals surface area contributed by atoms with Gasteiger partial charge in [0.25, 0.3) is 23.6 Å². The van der Waals surface area contributed by atoms with Crippen LogP contribution in [0.15, 0.2) is 24.3 Å². The zero-order chi connectivity index (χ0) is 18.7. The van der Waals surface area contributed by atoms with Gasteiger partial charge in [-0.25, -0.2) is 0 Å². The van der Waals surface area contributed by atoms with Crippen molar-refractivity contribution in [2.24, 2.45) is 0 Å². The minimum Gasteiger partial charge on any atom is -0.394 e. The predicted octanol–water partition coefficient (Wildman–Crippen LogP) is 0.0148. The van der Waals surface area contributed by atoms with Gasteiger partial charge < -0.3 is 10.2 Å². The second kappa shape index (κ2) is 5.45. The van der Waals surface area contributed by atoms with Gasteiger partial charge in [-0.3, -0.25) is 29.0 Å². The Morgan fingerprint density at radius 3 is 1.58 bits per heavy atom. The fraction of sp³-hybridized carbons (Fsp3) is 0.222. The van der Waals surface area contributed by atoms with Crippen LogP contribution in [0.4, 0.5) is 0 Å². The first-order valence-corrected chi connectivity index (χ1v) is 7.94. The number of amides is 4. The number of hydrogen-bond donors (Lipinski definition) is 2. The summed E-state index contributed by atoms with van der Waals surface area (Å²) in [6, 6.07) is 5.81. The standard InChI is InChI=1S/C18H14N2O6/c1-19-15(23)9-2-4-11-14-12(5-3-10(13(9)14)16(19)24)18(26)20(17(11)25)6-8(22)7-21/h2-5,8,21-22H,6-7H2,1H3. The molecule has 26 heavy (non-hydrogen) atoms. The third-order valence-electron chi connectivity index (χ3n) is 4.79. The zero-order valence-electron chi connectivity index (χ0n) is 13.7. The van der Waals surface area contributed by atoms with Crippen LogP contribution in [-0.4, -0.2) is 69.9 Å². The van der Waals surface area contributed by atoms with E-state index < -0.39 is 36.3 Å². The summed E-state index contributed by atoms with van der Waals surface area (Å²) < 4.78 is 0. The van der Waals surface area contributed by atoms with Crippen LogP contribution in [0.2, 0.25) is 0 Å². The van der Waals surface area contributed by atoms with E-state index in [9.17, 15) is 24.3 Å². The number of rotatable bonds is 3. The monoisotopic (exact) mass is 354 g/mol. The van der Waals surface area contributed by atoms with Gasteiger partial charge >= 0.3 is 0 Å². The summed E-state index contributed by atoms with van der Waals surface area (Å²) in [5, 5.41) is 19.2. The van der Waals surface area contributed by atoms with Crippen molar-refractivity contribution in [2.75, 3.05) is 20.2 Å². The number of benzene rings is 2. The summed E-state index contributed by atoms with van der Waals surface area (Å²) >= 11 is 0. The Hall–Kier alpha value is -3.10. The van der Waals surface area contributed by atoms with Crippen molar-refractivity contribution >= 4 is 34.4 Å². The smallest absolute Gasteiger partial charge is 0.261 e. The van der Waals surface area contributed by atoms with Crippen LogP contribution in [-0.2, 0) is 0 Å². The molecule has 1 atom stereocenters. The molecule has 4 amide bonds. The molecule has 2 aliphatic rings. The molecule has 2 aliphatic heterocycles. The van der Waals surface area contributed by atoms with Gasteiger partial charge in [-0.05, 0) is 24.3 Å². The molecule has 0 saturated carbocycles. The molecule has 8 nitrogen and oxygen atoms in total. The molecular formula is C18H14N2O6. The topological polar surface area (TPSA) is 115 Å². The third-order valence-corrected chi connectivity index (χ3v) is 4.79. The lowest BCUT2D eigenvalue weighted by atomic mass is 9.86. The molecule has 8 heteroatoms. The summed E-state index contributed by atoms with van der Waals surface area (Å²) in [4.78, 5) is 52.2. The van der Waals surface area contributed by atoms with E-state index in [1.54, 1.807) is 0 Å². The summed E-state index contributed by atoms with van der Waals surface area (Å²) in [7, 11) is 1.38. The van der Waals surface area contributed by atoms with Gasteiger partial charge in [0.05, 0.1) is 19.3 Å². The lowest BCUT2D eigenvalue weighted by molar-refractivity contribution is 0.0390. The van der Waals surface area contributed by atoms with Gasteiger partial charge in [0.1, 0.15) is 0 Å². The molecule has 2 aromatic rings. The lowest BCUT2D eigenvalue weighted by Crippen LogP contribution is -2.46. The van der Waals surface area contributed by atoms with Crippen LogP contribution >= 0.6 is 0 Å². The molecule has 2 heterocycles. The lowest BCUT2D eigenvalue weighted by Gasteiger charge is -2.31. The van der Waals surface area contributed by atoms with Crippen LogP contribution < -0.4 is 0 Å². The van der Waals surface area contributed by atoms with Gasteiger partial charge in [0, 0.05) is 40.1 Å². The quantitative estimate of drug-likeness (QED) is 0.751. The van der Waals surface area contributed by atoms with Crippen molar-refractivity contribution in [2.45, 2.75) is 6.10 Å². The minimum absolute atomic E-state index is 0.176. The molecule has 0 spiro atoms. The Morgan fingerprint density at radius 1 is 0.808 bits per heavy atom. The maximum atomic E-state index is 12.8. The van der Waals surface area contributed by atoms with Crippen LogP contribution in [0.5, 0.6) is 0 Å². The van der Waals surface area contributed by atoms with Gasteiger partial charge in [0.15, 0.2) is 0 Å². The zero-order valence-corrected chi connectivity index (χ0v) is 13.7. The molecule has 2 N–H and O–H groups in total. The maximum Gasteiger partial charge on any atom is 0.261 e. The van der Waals surface area contributed by atoms with Crippen molar-refractivity contribution in [3.05, 3.63) is 46.5 Å². The number of nitrogens with zero attached hydrogens (tertiary/aromatic N) is 2. The molecular weight excluding hydrogens is 340 g/mol. The van der Waals surface area contributed by atoms with E-state index in [4.69, 9.17) is 5.11 Å². The summed E-state index contributed by atoms with van der Waals surface area (Å²) in [6.07, 6.45) is -1.26. The van der Waals surface area contributed by atoms with E-state index in [1.165, 1.54) is 31.3 Å². The Balaban J connectivity index is 2.00. The van der Waals surface area contributed by atoms with Gasteiger partial charge in [-0.2, -0.15) is 0 Å². The second-order valence-corrected chi connectivity index (χ2v) is 6.30. The number of aliphatic hydroxyl groups is 2. The SMILES string of the molecule is CN1C(=O)c2ccc3c4c(ccc(c24)C1=O)C(=O)N(CC(O)CO)C3=O. The van der Waals surface area contributed by atoms with Gasteiger partial charge in [-0.1, -0.05) is 0 Å². The Kier molecular flexibility index (Phi) is 3.43. The molecule has 132 valence electrons. The van der Waals surface area contributed by atoms with Crippen molar-refractivity contribution in [3.8, 4) is 0 Å². The molecule has 0 aliphatic carbocycles. The number of aliphatic hydroxyl groups excluding tert-OH is 2. The first-order valence-electron chi connectivity index (χ1n) is 7.94. The van der Waals surface area contributed by atoms with Crippen molar-refractivity contribution in [1.82, 2.24) is 9.80 Å². The average Bonchev–Trinajstić information content (AvgIpc) is 2.65. The van der Waals surface area contributed by atoms with E-state index in [0.29, 0.717) is 5.39 Å². The summed E-state index contributed by atoms with van der Waals surface area (Å²) in [5.74, 6) is -2.27. The Morgan fingerprint density at radius 2 is 1.19 bits per heavy atom. The Labute approximate surface area is 147 Å². The van der Waals surface area contributed by atoms with Crippen molar-refractivity contribution < 1.29 is 29.4 Å². The van der Waals surface area contributed by atoms with Crippen LogP contribution in [0.3, 0.4) is 0 Å². The molecule has 0 bridgehead atoms. The van der Waals surface area contributed by atoms with E-state index in [1.807, 2.05) is 0 Å². The van der Waals surface area contributed by atoms with Gasteiger partial charge in [-0.15, -0.1) is 0 Å². The average molecular weight is 354 g/mol. The molecule has 0 aromatic heterocycles. The number of hydrogen-bond acceptors (Lipinski definition) is 6. The minimum atomic E-state index is -1.26. The predicted molar refractivity (Wildman–Crippen MR) is 88.8 cm³/mol. The second-order valence-electron chi connectivity index (χ2n) is 6.30. The number of carbonyl (C=O) groups excluding carboxylic acids is 4. The van der Waals surface area contributed by atoms with Crippen LogP contribution in [0, 0.1) is 0 Å². The fourth-order valence-corrected chi connectivity index (χ4v) is 3.48. The number of imide groups is 2. The van der Waals surface area contributed by atoms with E-state index in [0.717, 1.165) is 9.80 Å². The molecule has 0 saturated heterocycles. The van der Waals surface area contributed by atoms with Crippen molar-refractivity contribution in [1.29, 1.82) is 0 Å².